The van der Waals surface area contributed by atoms with Gasteiger partial charge in [0.1, 0.15) is 16.1 Å². The van der Waals surface area contributed by atoms with Crippen molar-refractivity contribution in [3.8, 4) is 32.0 Å². The molecule has 0 unspecified atom stereocenters. The Morgan fingerprint density at radius 1 is 0.544 bits per heavy atom. The van der Waals surface area contributed by atoms with E-state index in [4.69, 9.17) is 9.97 Å². The van der Waals surface area contributed by atoms with Gasteiger partial charge in [0, 0.05) is 67.8 Å². The highest BCUT2D eigenvalue weighted by Gasteiger charge is 2.39. The molecule has 338 valence electrons. The number of benzene rings is 4. The zero-order valence-electron chi connectivity index (χ0n) is 37.1. The number of carbonyl (C=O) groups excluding carboxylic acids is 4. The molecular weight excluding hydrogens is 887 g/mol. The summed E-state index contributed by atoms with van der Waals surface area (Å²) in [4.78, 5) is 79.0. The van der Waals surface area contributed by atoms with Crippen LogP contribution in [0.3, 0.4) is 0 Å². The van der Waals surface area contributed by atoms with E-state index in [1.54, 1.807) is 71.7 Å². The zero-order valence-corrected chi connectivity index (χ0v) is 38.7. The van der Waals surface area contributed by atoms with Crippen LogP contribution in [0.1, 0.15) is 98.0 Å². The maximum absolute atomic E-state index is 14.4. The van der Waals surface area contributed by atoms with Crippen molar-refractivity contribution in [2.45, 2.75) is 56.1 Å². The number of nitrogens with zero attached hydrogens (tertiary/aromatic N) is 6. The first-order valence-electron chi connectivity index (χ1n) is 22.9. The number of aromatic nitrogens is 4. The second-order valence-electron chi connectivity index (χ2n) is 17.0. The Balaban J connectivity index is 0.800. The molecule has 0 saturated carbocycles. The Morgan fingerprint density at radius 2 is 1.00 bits per heavy atom. The van der Waals surface area contributed by atoms with Crippen LogP contribution in [0.4, 0.5) is 0 Å². The number of Topliss-reactive ketones (excluding diaryl/α,β-unsaturated/α-hetero) is 1. The first-order chi connectivity index (χ1) is 33.4. The summed E-state index contributed by atoms with van der Waals surface area (Å²) in [5.41, 5.74) is 6.81. The third-order valence-electron chi connectivity index (χ3n) is 12.9. The summed E-state index contributed by atoms with van der Waals surface area (Å²) in [6.45, 7) is 1.20. The Kier molecular flexibility index (Phi) is 13.2. The molecular formula is C55H47N7O4S2. The van der Waals surface area contributed by atoms with E-state index in [0.29, 0.717) is 24.2 Å². The average molecular weight is 934 g/mol. The first-order valence-corrected chi connectivity index (χ1v) is 24.5. The minimum atomic E-state index is -0.846. The highest BCUT2D eigenvalue weighted by molar-refractivity contribution is 7.15. The van der Waals surface area contributed by atoms with Crippen molar-refractivity contribution in [3.63, 3.8) is 0 Å². The zero-order chi connectivity index (χ0) is 46.4. The molecule has 0 spiro atoms. The van der Waals surface area contributed by atoms with Crippen molar-refractivity contribution in [1.82, 2.24) is 35.1 Å². The van der Waals surface area contributed by atoms with Crippen molar-refractivity contribution in [1.29, 1.82) is 0 Å². The number of nitrogens with one attached hydrogen (secondary N) is 1. The third-order valence-corrected chi connectivity index (χ3v) is 15.1. The summed E-state index contributed by atoms with van der Waals surface area (Å²) in [6.07, 6.45) is 13.5. The van der Waals surface area contributed by atoms with Crippen LogP contribution in [-0.2, 0) is 9.59 Å². The first kappa shape index (κ1) is 44.4. The summed E-state index contributed by atoms with van der Waals surface area (Å²) >= 11 is 3.21. The van der Waals surface area contributed by atoms with E-state index in [2.05, 4.69) is 63.8 Å². The van der Waals surface area contributed by atoms with Crippen LogP contribution in [0.25, 0.3) is 32.0 Å². The molecule has 1 N–H and O–H groups in total. The molecule has 13 heteroatoms. The fourth-order valence-electron chi connectivity index (χ4n) is 9.27. The molecule has 8 aromatic rings. The third kappa shape index (κ3) is 9.53. The lowest BCUT2D eigenvalue weighted by Gasteiger charge is -2.28. The molecule has 2 fully saturated rings. The summed E-state index contributed by atoms with van der Waals surface area (Å²) in [6, 6.07) is 41.4. The molecule has 2 aliphatic heterocycles. The van der Waals surface area contributed by atoms with Gasteiger partial charge in [0.15, 0.2) is 5.78 Å². The quantitative estimate of drug-likeness (QED) is 0.106. The summed E-state index contributed by atoms with van der Waals surface area (Å²) in [7, 11) is 0. The Bertz CT molecular complexity index is 2810. The Hall–Kier alpha value is -7.48. The van der Waals surface area contributed by atoms with Gasteiger partial charge in [-0.05, 0) is 83.3 Å². The molecule has 10 rings (SSSR count). The number of amides is 3. The molecule has 0 bridgehead atoms. The lowest BCUT2D eigenvalue weighted by molar-refractivity contribution is -0.134. The van der Waals surface area contributed by atoms with Crippen LogP contribution in [0.5, 0.6) is 0 Å². The van der Waals surface area contributed by atoms with Crippen LogP contribution in [0.2, 0.25) is 0 Å². The Labute approximate surface area is 402 Å². The van der Waals surface area contributed by atoms with Crippen molar-refractivity contribution in [2.75, 3.05) is 13.1 Å². The van der Waals surface area contributed by atoms with Crippen LogP contribution in [-0.4, -0.2) is 66.3 Å². The Morgan fingerprint density at radius 3 is 1.51 bits per heavy atom. The van der Waals surface area contributed by atoms with E-state index < -0.39 is 12.0 Å². The summed E-state index contributed by atoms with van der Waals surface area (Å²) in [5.74, 6) is -1.22. The van der Waals surface area contributed by atoms with Crippen molar-refractivity contribution < 1.29 is 19.2 Å². The number of carbonyl (C=O) groups is 4. The van der Waals surface area contributed by atoms with Gasteiger partial charge in [0.2, 0.25) is 11.8 Å². The monoisotopic (exact) mass is 933 g/mol. The molecule has 6 heterocycles. The van der Waals surface area contributed by atoms with Gasteiger partial charge in [0.25, 0.3) is 5.91 Å². The topological polar surface area (TPSA) is 138 Å². The highest BCUT2D eigenvalue weighted by atomic mass is 32.1. The highest BCUT2D eigenvalue weighted by Crippen LogP contribution is 2.41. The number of rotatable bonds is 14. The molecule has 11 nitrogen and oxygen atoms in total. The van der Waals surface area contributed by atoms with Gasteiger partial charge in [0.05, 0.1) is 27.8 Å². The molecule has 4 atom stereocenters. The number of hydrogen-bond acceptors (Lipinski definition) is 10. The standard InChI is InChI=1S/C55H47N7O4S2/c63-47(39-23-27-56-28-24-39)33-44(38-9-3-1-4-10-38)54(65)61-31-7-13-45(61)52-58-34-48(67-52)40-19-15-36(16-20-40)37-17-21-41(22-18-37)49-35-59-53(68-49)46-14-8-32-62(46)55(66)50(42-11-5-2-6-12-42)60-51(64)43-25-29-57-30-26-43/h1-6,9-12,15-30,34-35,44-46,50H,7-8,13-14,31-33H2,(H,60,64)/t44-,45-,46-,50+/m0/s1. The van der Waals surface area contributed by atoms with Crippen molar-refractivity contribution in [3.05, 3.63) is 203 Å². The van der Waals surface area contributed by atoms with Gasteiger partial charge in [-0.15, -0.1) is 22.7 Å². The minimum Gasteiger partial charge on any atom is -0.336 e. The number of ketones is 1. The summed E-state index contributed by atoms with van der Waals surface area (Å²) in [5, 5.41) is 4.77. The van der Waals surface area contributed by atoms with E-state index in [9.17, 15) is 19.2 Å². The van der Waals surface area contributed by atoms with Gasteiger partial charge < -0.3 is 15.1 Å². The molecule has 0 radical (unpaired) electrons. The fraction of sp³-hybridized carbons (Fsp3) is 0.200. The lowest BCUT2D eigenvalue weighted by Crippen LogP contribution is -2.42. The fourth-order valence-corrected chi connectivity index (χ4v) is 11.4. The van der Waals surface area contributed by atoms with Crippen LogP contribution < -0.4 is 5.32 Å². The lowest BCUT2D eigenvalue weighted by atomic mass is 9.90. The van der Waals surface area contributed by atoms with E-state index in [1.165, 1.54) is 0 Å². The van der Waals surface area contributed by atoms with E-state index in [0.717, 1.165) is 78.8 Å². The van der Waals surface area contributed by atoms with Crippen LogP contribution in [0, 0.1) is 0 Å². The molecule has 4 aromatic carbocycles. The second kappa shape index (κ2) is 20.2. The smallest absolute Gasteiger partial charge is 0.252 e. The van der Waals surface area contributed by atoms with Gasteiger partial charge in [-0.1, -0.05) is 109 Å². The molecule has 3 amide bonds. The van der Waals surface area contributed by atoms with Crippen LogP contribution in [0.15, 0.2) is 171 Å². The van der Waals surface area contributed by atoms with Crippen molar-refractivity contribution in [2.24, 2.45) is 0 Å². The summed E-state index contributed by atoms with van der Waals surface area (Å²) < 4.78 is 0. The molecule has 4 aromatic heterocycles. The molecule has 68 heavy (non-hydrogen) atoms. The predicted molar refractivity (Wildman–Crippen MR) is 265 cm³/mol. The molecule has 2 aliphatic rings. The maximum atomic E-state index is 14.4. The van der Waals surface area contributed by atoms with Crippen LogP contribution >= 0.6 is 22.7 Å². The van der Waals surface area contributed by atoms with Gasteiger partial charge in [-0.25, -0.2) is 9.97 Å². The number of likely N-dealkylation sites (tertiary alicyclic amines) is 2. The van der Waals surface area contributed by atoms with E-state index in [1.807, 2.05) is 82.9 Å². The van der Waals surface area contributed by atoms with Gasteiger partial charge in [-0.3, -0.25) is 29.1 Å². The molecule has 0 aliphatic carbocycles. The number of thiazole rings is 2. The van der Waals surface area contributed by atoms with Gasteiger partial charge in [-0.2, -0.15) is 0 Å². The van der Waals surface area contributed by atoms with Crippen molar-refractivity contribution >= 4 is 46.2 Å². The minimum absolute atomic E-state index is 0.0464. The number of pyridine rings is 2. The number of hydrogen-bond donors (Lipinski definition) is 1. The predicted octanol–water partition coefficient (Wildman–Crippen LogP) is 10.9. The maximum Gasteiger partial charge on any atom is 0.252 e. The average Bonchev–Trinajstić information content (AvgIpc) is 4.26. The second-order valence-corrected chi connectivity index (χ2v) is 19.2. The van der Waals surface area contributed by atoms with E-state index in [-0.39, 0.29) is 42.0 Å². The largest absolute Gasteiger partial charge is 0.336 e. The normalized spacial score (nSPS) is 16.6. The van der Waals surface area contributed by atoms with E-state index >= 15 is 0 Å². The van der Waals surface area contributed by atoms with Gasteiger partial charge >= 0.3 is 0 Å². The SMILES string of the molecule is O=C(C[C@H](C(=O)N1CCC[C@H]1c1ncc(-c2ccc(-c3ccc(-c4cnc([C@@H]5CCCN5C(=O)[C@H](NC(=O)c5ccncc5)c5ccccc5)s4)cc3)cc2)s1)c1ccccc1)c1ccncc1. The molecule has 2 saturated heterocycles.